The zero-order valence-electron chi connectivity index (χ0n) is 17.2. The Morgan fingerprint density at radius 2 is 1.73 bits per heavy atom. The molecule has 0 saturated heterocycles. The zero-order chi connectivity index (χ0) is 23.2. The summed E-state index contributed by atoms with van der Waals surface area (Å²) >= 11 is 0. The van der Waals surface area contributed by atoms with Crippen molar-refractivity contribution in [2.75, 3.05) is 5.32 Å². The largest absolute Gasteiger partial charge is 0.506 e. The first-order chi connectivity index (χ1) is 15.8. The van der Waals surface area contributed by atoms with E-state index in [1.807, 2.05) is 36.4 Å². The van der Waals surface area contributed by atoms with Crippen LogP contribution in [0.5, 0.6) is 5.75 Å². The van der Waals surface area contributed by atoms with E-state index in [9.17, 15) is 22.7 Å². The Labute approximate surface area is 187 Å². The molecule has 0 bridgehead atoms. The average molecular weight is 450 g/mol. The second-order valence-electron chi connectivity index (χ2n) is 7.95. The number of phenolic OH excluding ortho intramolecular Hbond substituents is 1. The predicted molar refractivity (Wildman–Crippen MR) is 120 cm³/mol. The molecule has 1 aliphatic rings. The first kappa shape index (κ1) is 21.0. The highest BCUT2D eigenvalue weighted by atomic mass is 19.4. The van der Waals surface area contributed by atoms with Crippen molar-refractivity contribution < 1.29 is 22.7 Å². The lowest BCUT2D eigenvalue weighted by molar-refractivity contribution is -0.137. The van der Waals surface area contributed by atoms with Gasteiger partial charge in [-0.3, -0.25) is 4.98 Å². The van der Waals surface area contributed by atoms with Crippen molar-refractivity contribution in [2.45, 2.75) is 19.0 Å². The molecule has 1 heterocycles. The van der Waals surface area contributed by atoms with E-state index in [4.69, 9.17) is 0 Å². The van der Waals surface area contributed by atoms with Crippen LogP contribution < -0.4 is 5.32 Å². The zero-order valence-corrected chi connectivity index (χ0v) is 17.2. The van der Waals surface area contributed by atoms with Crippen LogP contribution in [0.25, 0.3) is 27.7 Å². The number of hydrogen-bond acceptors (Lipinski definition) is 3. The fourth-order valence-corrected chi connectivity index (χ4v) is 3.80. The number of allylic oxidation sites excluding steroid dienone is 1. The number of pyridine rings is 1. The minimum absolute atomic E-state index is 0.0165. The Hall–Kier alpha value is -3.87. The van der Waals surface area contributed by atoms with Crippen LogP contribution in [0.2, 0.25) is 0 Å². The van der Waals surface area contributed by atoms with Gasteiger partial charge >= 0.3 is 6.18 Å². The minimum atomic E-state index is -4.60. The van der Waals surface area contributed by atoms with Crippen molar-refractivity contribution in [1.29, 1.82) is 0 Å². The lowest BCUT2D eigenvalue weighted by atomic mass is 9.99. The van der Waals surface area contributed by atoms with Crippen molar-refractivity contribution in [1.82, 2.24) is 4.98 Å². The van der Waals surface area contributed by atoms with Gasteiger partial charge in [-0.25, -0.2) is 4.39 Å². The summed E-state index contributed by atoms with van der Waals surface area (Å²) in [5.41, 5.74) is 3.62. The number of nitrogens with one attached hydrogen (secondary N) is 1. The summed E-state index contributed by atoms with van der Waals surface area (Å²) in [4.78, 5) is 4.20. The van der Waals surface area contributed by atoms with E-state index < -0.39 is 17.6 Å². The van der Waals surface area contributed by atoms with Crippen LogP contribution in [-0.4, -0.2) is 10.1 Å². The smallest absolute Gasteiger partial charge is 0.416 e. The van der Waals surface area contributed by atoms with Gasteiger partial charge in [-0.2, -0.15) is 13.2 Å². The summed E-state index contributed by atoms with van der Waals surface area (Å²) in [7, 11) is 0. The molecule has 166 valence electrons. The van der Waals surface area contributed by atoms with Crippen LogP contribution >= 0.6 is 0 Å². The topological polar surface area (TPSA) is 45.1 Å². The Balaban J connectivity index is 1.51. The second kappa shape index (κ2) is 7.92. The Morgan fingerprint density at radius 1 is 0.909 bits per heavy atom. The highest BCUT2D eigenvalue weighted by Gasteiger charge is 2.31. The number of nitrogens with zero attached hydrogens (tertiary/aromatic N) is 1. The molecule has 0 radical (unpaired) electrons. The molecule has 0 unspecified atom stereocenters. The molecule has 3 aromatic carbocycles. The number of hydrogen-bond donors (Lipinski definition) is 2. The van der Waals surface area contributed by atoms with E-state index in [0.29, 0.717) is 17.3 Å². The minimum Gasteiger partial charge on any atom is -0.506 e. The number of phenols is 1. The van der Waals surface area contributed by atoms with Gasteiger partial charge in [0.05, 0.1) is 11.3 Å². The number of rotatable bonds is 4. The third kappa shape index (κ3) is 4.26. The van der Waals surface area contributed by atoms with E-state index in [1.165, 1.54) is 0 Å². The highest BCUT2D eigenvalue weighted by molar-refractivity contribution is 5.90. The number of aromatic nitrogens is 1. The molecule has 4 aromatic rings. The van der Waals surface area contributed by atoms with E-state index in [2.05, 4.69) is 10.3 Å². The molecule has 5 rings (SSSR count). The molecule has 7 heteroatoms. The van der Waals surface area contributed by atoms with Crippen LogP contribution in [0.15, 0.2) is 78.5 Å². The van der Waals surface area contributed by atoms with Crippen LogP contribution in [0.4, 0.5) is 23.2 Å². The lowest BCUT2D eigenvalue weighted by Gasteiger charge is -2.15. The van der Waals surface area contributed by atoms with Crippen molar-refractivity contribution in [3.8, 4) is 16.9 Å². The molecule has 1 saturated carbocycles. The second-order valence-corrected chi connectivity index (χ2v) is 7.95. The van der Waals surface area contributed by atoms with E-state index in [1.54, 1.807) is 18.3 Å². The number of aromatic hydroxyl groups is 1. The summed E-state index contributed by atoms with van der Waals surface area (Å²) in [5, 5.41) is 14.2. The van der Waals surface area contributed by atoms with Gasteiger partial charge in [-0.05, 0) is 77.6 Å². The maximum atomic E-state index is 14.5. The number of benzene rings is 3. The molecule has 2 N–H and O–H groups in total. The van der Waals surface area contributed by atoms with Gasteiger partial charge in [-0.15, -0.1) is 0 Å². The van der Waals surface area contributed by atoms with Gasteiger partial charge in [0.15, 0.2) is 0 Å². The molecular formula is C26H18F4N2O. The van der Waals surface area contributed by atoms with Crippen molar-refractivity contribution in [3.63, 3.8) is 0 Å². The monoisotopic (exact) mass is 450 g/mol. The summed E-state index contributed by atoms with van der Waals surface area (Å²) < 4.78 is 53.1. The summed E-state index contributed by atoms with van der Waals surface area (Å²) in [6, 6.07) is 17.2. The fraction of sp³-hybridized carbons (Fsp3) is 0.115. The number of halogens is 4. The molecule has 0 amide bonds. The fourth-order valence-electron chi connectivity index (χ4n) is 3.80. The number of alkyl halides is 3. The Morgan fingerprint density at radius 3 is 2.45 bits per heavy atom. The van der Waals surface area contributed by atoms with Crippen molar-refractivity contribution >= 4 is 22.3 Å². The van der Waals surface area contributed by atoms with Crippen molar-refractivity contribution in [3.05, 3.63) is 95.4 Å². The maximum absolute atomic E-state index is 14.5. The van der Waals surface area contributed by atoms with Gasteiger partial charge < -0.3 is 10.4 Å². The number of anilines is 1. The molecular weight excluding hydrogens is 432 g/mol. The lowest BCUT2D eigenvalue weighted by Crippen LogP contribution is -2.07. The normalized spacial score (nSPS) is 13.3. The van der Waals surface area contributed by atoms with Gasteiger partial charge in [0.1, 0.15) is 17.1 Å². The van der Waals surface area contributed by atoms with Crippen LogP contribution in [0, 0.1) is 5.82 Å². The van der Waals surface area contributed by atoms with E-state index in [0.717, 1.165) is 52.6 Å². The van der Waals surface area contributed by atoms with E-state index in [-0.39, 0.29) is 11.4 Å². The summed E-state index contributed by atoms with van der Waals surface area (Å²) in [6.07, 6.45) is -1.33. The SMILES string of the molecule is Oc1cc(-c2cccc(C(Nc3ccc(C(F)(F)F)cc3F)=C3CC3)c2)cc2cccnc12. The molecule has 0 aliphatic heterocycles. The molecule has 1 aromatic heterocycles. The molecule has 33 heavy (non-hydrogen) atoms. The van der Waals surface area contributed by atoms with Gasteiger partial charge in [0, 0.05) is 17.3 Å². The number of fused-ring (bicyclic) bond motifs is 1. The average Bonchev–Trinajstić information content (AvgIpc) is 3.63. The van der Waals surface area contributed by atoms with Crippen LogP contribution in [0.3, 0.4) is 0 Å². The third-order valence-corrected chi connectivity index (χ3v) is 5.58. The standard InChI is InChI=1S/C26H18F4N2O/c27-21-14-20(26(28,29)30)8-9-22(21)32-24(15-6-7-15)17-4-1-3-16(11-17)19-12-18-5-2-10-31-25(18)23(33)13-19/h1-5,8-14,32-33H,6-7H2. The molecule has 1 aliphatic carbocycles. The highest BCUT2D eigenvalue weighted by Crippen LogP contribution is 2.39. The van der Waals surface area contributed by atoms with Gasteiger partial charge in [0.2, 0.25) is 0 Å². The Bertz CT molecular complexity index is 1400. The molecule has 3 nitrogen and oxygen atoms in total. The predicted octanol–water partition coefficient (Wildman–Crippen LogP) is 7.38. The van der Waals surface area contributed by atoms with Gasteiger partial charge in [0.25, 0.3) is 0 Å². The first-order valence-corrected chi connectivity index (χ1v) is 10.3. The molecule has 0 spiro atoms. The van der Waals surface area contributed by atoms with Gasteiger partial charge in [-0.1, -0.05) is 24.3 Å². The molecule has 0 atom stereocenters. The molecule has 1 fully saturated rings. The van der Waals surface area contributed by atoms with Crippen LogP contribution in [-0.2, 0) is 6.18 Å². The quantitative estimate of drug-likeness (QED) is 0.319. The summed E-state index contributed by atoms with van der Waals surface area (Å²) in [5.74, 6) is -0.897. The summed E-state index contributed by atoms with van der Waals surface area (Å²) in [6.45, 7) is 0. The Kier molecular flexibility index (Phi) is 5.04. The van der Waals surface area contributed by atoms with E-state index >= 15 is 0 Å². The van der Waals surface area contributed by atoms with Crippen molar-refractivity contribution in [2.24, 2.45) is 0 Å². The maximum Gasteiger partial charge on any atom is 0.416 e. The first-order valence-electron chi connectivity index (χ1n) is 10.3. The van der Waals surface area contributed by atoms with Crippen LogP contribution in [0.1, 0.15) is 24.0 Å². The third-order valence-electron chi connectivity index (χ3n) is 5.58.